The average molecular weight is 321 g/mol. The van der Waals surface area contributed by atoms with Gasteiger partial charge < -0.3 is 20.7 Å². The van der Waals surface area contributed by atoms with E-state index in [1.165, 1.54) is 31.2 Å². The van der Waals surface area contributed by atoms with Crippen LogP contribution in [0.4, 0.5) is 18.9 Å². The highest BCUT2D eigenvalue weighted by Gasteiger charge is 2.30. The molecule has 0 saturated heterocycles. The molecule has 0 saturated carbocycles. The Morgan fingerprint density at radius 3 is 2.29 bits per heavy atom. The molecule has 1 rings (SSSR count). The Hall–Kier alpha value is -2.03. The highest BCUT2D eigenvalue weighted by atomic mass is 32.1. The minimum absolute atomic E-state index is 0.143. The first-order chi connectivity index (χ1) is 9.76. The summed E-state index contributed by atoms with van der Waals surface area (Å²) in [6, 6.07) is 5.16. The molecule has 0 bridgehead atoms. The number of ether oxygens (including phenoxy) is 1. The molecule has 0 atom stereocenters. The first-order valence-electron chi connectivity index (χ1n) is 5.91. The van der Waals surface area contributed by atoms with Gasteiger partial charge in [0.05, 0.1) is 0 Å². The summed E-state index contributed by atoms with van der Waals surface area (Å²) < 4.78 is 39.7. The topological polar surface area (TPSA) is 62.4 Å². The molecule has 0 heterocycles. The Morgan fingerprint density at radius 1 is 1.19 bits per heavy atom. The van der Waals surface area contributed by atoms with Gasteiger partial charge in [-0.3, -0.25) is 4.79 Å². The number of amides is 1. The van der Waals surface area contributed by atoms with Gasteiger partial charge in [-0.1, -0.05) is 0 Å². The highest BCUT2D eigenvalue weighted by Crippen LogP contribution is 2.23. The number of anilines is 1. The average Bonchev–Trinajstić information content (AvgIpc) is 2.35. The van der Waals surface area contributed by atoms with E-state index in [4.69, 9.17) is 12.2 Å². The minimum Gasteiger partial charge on any atom is -0.406 e. The summed E-state index contributed by atoms with van der Waals surface area (Å²) in [5.74, 6) is -0.450. The van der Waals surface area contributed by atoms with Crippen LogP contribution in [0.15, 0.2) is 24.3 Å². The summed E-state index contributed by atoms with van der Waals surface area (Å²) in [6.07, 6.45) is -4.71. The molecule has 1 aromatic rings. The summed E-state index contributed by atoms with van der Waals surface area (Å²) >= 11 is 4.99. The molecule has 0 aliphatic heterocycles. The van der Waals surface area contributed by atoms with Crippen molar-refractivity contribution in [2.75, 3.05) is 18.4 Å². The number of carbonyl (C=O) groups is 1. The van der Waals surface area contributed by atoms with Crippen LogP contribution in [0.5, 0.6) is 5.75 Å². The lowest BCUT2D eigenvalue weighted by Gasteiger charge is -2.12. The summed E-state index contributed by atoms with van der Waals surface area (Å²) in [7, 11) is 0. The third kappa shape index (κ3) is 7.98. The molecule has 9 heteroatoms. The second kappa shape index (κ2) is 7.67. The van der Waals surface area contributed by atoms with E-state index in [1.807, 2.05) is 0 Å². The first-order valence-corrected chi connectivity index (χ1v) is 6.32. The zero-order chi connectivity index (χ0) is 15.9. The predicted molar refractivity (Wildman–Crippen MR) is 76.0 cm³/mol. The van der Waals surface area contributed by atoms with E-state index in [2.05, 4.69) is 20.7 Å². The molecule has 0 aromatic heterocycles. The van der Waals surface area contributed by atoms with Crippen LogP contribution in [-0.4, -0.2) is 30.5 Å². The van der Waals surface area contributed by atoms with Gasteiger partial charge in [0, 0.05) is 25.7 Å². The van der Waals surface area contributed by atoms with Crippen molar-refractivity contribution in [2.24, 2.45) is 0 Å². The Labute approximate surface area is 124 Å². The summed E-state index contributed by atoms with van der Waals surface area (Å²) in [6.45, 7) is 2.25. The van der Waals surface area contributed by atoms with Crippen LogP contribution < -0.4 is 20.7 Å². The highest BCUT2D eigenvalue weighted by molar-refractivity contribution is 7.80. The van der Waals surface area contributed by atoms with Gasteiger partial charge in [0.15, 0.2) is 5.11 Å². The lowest BCUT2D eigenvalue weighted by molar-refractivity contribution is -0.274. The third-order valence-corrected chi connectivity index (χ3v) is 2.38. The normalized spacial score (nSPS) is 10.7. The van der Waals surface area contributed by atoms with Crippen molar-refractivity contribution in [1.82, 2.24) is 10.6 Å². The molecular formula is C12H14F3N3O2S. The SMILES string of the molecule is CC(=O)NCCNC(=S)Nc1ccc(OC(F)(F)F)cc1. The van der Waals surface area contributed by atoms with Crippen LogP contribution in [0, 0.1) is 0 Å². The van der Waals surface area contributed by atoms with E-state index >= 15 is 0 Å². The monoisotopic (exact) mass is 321 g/mol. The number of benzene rings is 1. The largest absolute Gasteiger partial charge is 0.573 e. The maximum Gasteiger partial charge on any atom is 0.573 e. The van der Waals surface area contributed by atoms with Gasteiger partial charge in [0.25, 0.3) is 0 Å². The maximum absolute atomic E-state index is 12.0. The van der Waals surface area contributed by atoms with Gasteiger partial charge in [-0.05, 0) is 36.5 Å². The van der Waals surface area contributed by atoms with E-state index < -0.39 is 6.36 Å². The molecule has 21 heavy (non-hydrogen) atoms. The lowest BCUT2D eigenvalue weighted by atomic mass is 10.3. The van der Waals surface area contributed by atoms with E-state index in [-0.39, 0.29) is 11.7 Å². The molecule has 1 amide bonds. The van der Waals surface area contributed by atoms with Crippen molar-refractivity contribution in [3.63, 3.8) is 0 Å². The standard InChI is InChI=1S/C12H14F3N3O2S/c1-8(19)16-6-7-17-11(21)18-9-2-4-10(5-3-9)20-12(13,14)15/h2-5H,6-7H2,1H3,(H,16,19)(H2,17,18,21). The van der Waals surface area contributed by atoms with E-state index in [0.29, 0.717) is 23.9 Å². The Balaban J connectivity index is 2.37. The third-order valence-electron chi connectivity index (χ3n) is 2.13. The minimum atomic E-state index is -4.71. The molecule has 3 N–H and O–H groups in total. The Kier molecular flexibility index (Phi) is 6.22. The van der Waals surface area contributed by atoms with Crippen molar-refractivity contribution >= 4 is 28.9 Å². The molecule has 5 nitrogen and oxygen atoms in total. The molecule has 0 aliphatic rings. The molecular weight excluding hydrogens is 307 g/mol. The van der Waals surface area contributed by atoms with Crippen LogP contribution in [0.25, 0.3) is 0 Å². The van der Waals surface area contributed by atoms with E-state index in [9.17, 15) is 18.0 Å². The molecule has 0 fully saturated rings. The number of alkyl halides is 3. The summed E-state index contributed by atoms with van der Waals surface area (Å²) in [4.78, 5) is 10.6. The van der Waals surface area contributed by atoms with Crippen LogP contribution in [0.1, 0.15) is 6.92 Å². The number of carbonyl (C=O) groups excluding carboxylic acids is 1. The zero-order valence-corrected chi connectivity index (χ0v) is 11.9. The van der Waals surface area contributed by atoms with Gasteiger partial charge >= 0.3 is 6.36 Å². The molecule has 0 radical (unpaired) electrons. The van der Waals surface area contributed by atoms with Crippen LogP contribution in [-0.2, 0) is 4.79 Å². The smallest absolute Gasteiger partial charge is 0.406 e. The quantitative estimate of drug-likeness (QED) is 0.572. The van der Waals surface area contributed by atoms with Crippen LogP contribution >= 0.6 is 12.2 Å². The molecule has 0 aliphatic carbocycles. The number of rotatable bonds is 5. The zero-order valence-electron chi connectivity index (χ0n) is 11.1. The summed E-state index contributed by atoms with van der Waals surface area (Å²) in [5.41, 5.74) is 0.515. The molecule has 0 unspecified atom stereocenters. The number of thiocarbonyl (C=S) groups is 1. The van der Waals surface area contributed by atoms with Crippen LogP contribution in [0.3, 0.4) is 0 Å². The van der Waals surface area contributed by atoms with Crippen molar-refractivity contribution in [1.29, 1.82) is 0 Å². The fourth-order valence-electron chi connectivity index (χ4n) is 1.33. The van der Waals surface area contributed by atoms with E-state index in [1.54, 1.807) is 0 Å². The molecule has 116 valence electrons. The van der Waals surface area contributed by atoms with Crippen molar-refractivity contribution in [3.8, 4) is 5.75 Å². The lowest BCUT2D eigenvalue weighted by Crippen LogP contribution is -2.35. The number of hydrogen-bond acceptors (Lipinski definition) is 3. The van der Waals surface area contributed by atoms with Crippen LogP contribution in [0.2, 0.25) is 0 Å². The Morgan fingerprint density at radius 2 is 1.76 bits per heavy atom. The van der Waals surface area contributed by atoms with E-state index in [0.717, 1.165) is 0 Å². The van der Waals surface area contributed by atoms with Gasteiger partial charge in [-0.25, -0.2) is 0 Å². The van der Waals surface area contributed by atoms with Gasteiger partial charge in [-0.2, -0.15) is 0 Å². The fraction of sp³-hybridized carbons (Fsp3) is 0.333. The second-order valence-electron chi connectivity index (χ2n) is 3.94. The summed E-state index contributed by atoms with van der Waals surface area (Å²) in [5, 5.41) is 8.50. The van der Waals surface area contributed by atoms with Gasteiger partial charge in [0.1, 0.15) is 5.75 Å². The Bertz CT molecular complexity index is 492. The van der Waals surface area contributed by atoms with Crippen molar-refractivity contribution in [3.05, 3.63) is 24.3 Å². The van der Waals surface area contributed by atoms with Crippen molar-refractivity contribution in [2.45, 2.75) is 13.3 Å². The second-order valence-corrected chi connectivity index (χ2v) is 4.34. The number of hydrogen-bond donors (Lipinski definition) is 3. The fourth-order valence-corrected chi connectivity index (χ4v) is 1.55. The number of nitrogens with one attached hydrogen (secondary N) is 3. The molecule has 0 spiro atoms. The molecule has 1 aromatic carbocycles. The van der Waals surface area contributed by atoms with Gasteiger partial charge in [0.2, 0.25) is 5.91 Å². The predicted octanol–water partition coefficient (Wildman–Crippen LogP) is 2.01. The van der Waals surface area contributed by atoms with Gasteiger partial charge in [-0.15, -0.1) is 13.2 Å². The number of halogens is 3. The maximum atomic E-state index is 12.0. The van der Waals surface area contributed by atoms with Crippen molar-refractivity contribution < 1.29 is 22.7 Å². The first kappa shape index (κ1) is 17.0.